The molecule has 1 aromatic carbocycles. The topological polar surface area (TPSA) is 109 Å². The van der Waals surface area contributed by atoms with Crippen molar-refractivity contribution in [2.45, 2.75) is 12.8 Å². The molecular weight excluding hydrogens is 240 g/mol. The van der Waals surface area contributed by atoms with Crippen molar-refractivity contribution in [1.29, 1.82) is 0 Å². The summed E-state index contributed by atoms with van der Waals surface area (Å²) in [6.45, 7) is 1.68. The van der Waals surface area contributed by atoms with Gasteiger partial charge in [0.05, 0.1) is 0 Å². The molecule has 6 heteroatoms. The Hall–Kier alpha value is -2.50. The molecule has 0 spiro atoms. The van der Waals surface area contributed by atoms with Gasteiger partial charge in [-0.15, -0.1) is 0 Å². The molecule has 0 aliphatic rings. The summed E-state index contributed by atoms with van der Waals surface area (Å²) in [5.74, 6) is -8.38. The Morgan fingerprint density at radius 2 is 1.50 bits per heavy atom. The van der Waals surface area contributed by atoms with Crippen molar-refractivity contribution in [1.82, 2.24) is 0 Å². The number of ketones is 2. The first-order valence-electron chi connectivity index (χ1n) is 4.95. The molecular formula is C12H10O6. The average molecular weight is 250 g/mol. The fourth-order valence-corrected chi connectivity index (χ4v) is 1.52. The van der Waals surface area contributed by atoms with Crippen LogP contribution in [-0.4, -0.2) is 33.7 Å². The van der Waals surface area contributed by atoms with Gasteiger partial charge in [0.15, 0.2) is 0 Å². The Bertz CT molecular complexity index is 505. The first kappa shape index (κ1) is 13.6. The van der Waals surface area contributed by atoms with Crippen LogP contribution < -0.4 is 0 Å². The first-order chi connectivity index (χ1) is 8.34. The number of hydrogen-bond donors (Lipinski definition) is 2. The number of aryl methyl sites for hydroxylation is 1. The van der Waals surface area contributed by atoms with Crippen molar-refractivity contribution in [3.63, 3.8) is 0 Å². The predicted molar refractivity (Wildman–Crippen MR) is 59.2 cm³/mol. The minimum atomic E-state index is -1.84. The number of hydrogen-bond acceptors (Lipinski definition) is 4. The molecule has 0 aromatic heterocycles. The summed E-state index contributed by atoms with van der Waals surface area (Å²) in [6.07, 6.45) is 0. The standard InChI is InChI=1S/C12H10O6/c1-6-3-2-4-7(5-6)8(9(13)11(15)16)10(14)12(17)18/h2-5,8H,1H3,(H,15,16)(H,17,18). The van der Waals surface area contributed by atoms with Crippen LogP contribution in [0.15, 0.2) is 24.3 Å². The van der Waals surface area contributed by atoms with Gasteiger partial charge < -0.3 is 10.2 Å². The highest BCUT2D eigenvalue weighted by Gasteiger charge is 2.36. The van der Waals surface area contributed by atoms with E-state index in [4.69, 9.17) is 10.2 Å². The third kappa shape index (κ3) is 2.79. The zero-order valence-electron chi connectivity index (χ0n) is 9.41. The molecule has 0 saturated carbocycles. The van der Waals surface area contributed by atoms with E-state index in [1.807, 2.05) is 0 Å². The molecule has 1 rings (SSSR count). The average Bonchev–Trinajstić information content (AvgIpc) is 2.28. The minimum absolute atomic E-state index is 0.0646. The van der Waals surface area contributed by atoms with Crippen molar-refractivity contribution in [3.05, 3.63) is 35.4 Å². The highest BCUT2D eigenvalue weighted by Crippen LogP contribution is 2.20. The van der Waals surface area contributed by atoms with Gasteiger partial charge in [-0.05, 0) is 12.5 Å². The Labute approximate surface area is 102 Å². The summed E-state index contributed by atoms with van der Waals surface area (Å²) in [4.78, 5) is 44.1. The number of carboxylic acids is 2. The van der Waals surface area contributed by atoms with E-state index < -0.39 is 29.4 Å². The molecule has 0 unspecified atom stereocenters. The number of carbonyl (C=O) groups is 4. The maximum atomic E-state index is 11.4. The van der Waals surface area contributed by atoms with Gasteiger partial charge in [0.25, 0.3) is 11.6 Å². The van der Waals surface area contributed by atoms with Crippen molar-refractivity contribution in [3.8, 4) is 0 Å². The van der Waals surface area contributed by atoms with E-state index in [0.29, 0.717) is 5.56 Å². The number of benzene rings is 1. The molecule has 6 nitrogen and oxygen atoms in total. The molecule has 0 radical (unpaired) electrons. The molecule has 0 atom stereocenters. The fraction of sp³-hybridized carbons (Fsp3) is 0.167. The summed E-state index contributed by atoms with van der Waals surface area (Å²) >= 11 is 0. The summed E-state index contributed by atoms with van der Waals surface area (Å²) in [5, 5.41) is 17.2. The Balaban J connectivity index is 3.29. The van der Waals surface area contributed by atoms with Crippen molar-refractivity contribution in [2.75, 3.05) is 0 Å². The number of Topliss-reactive ketones (excluding diaryl/α,β-unsaturated/α-hetero) is 2. The maximum absolute atomic E-state index is 11.4. The van der Waals surface area contributed by atoms with Crippen LogP contribution in [0.2, 0.25) is 0 Å². The molecule has 94 valence electrons. The van der Waals surface area contributed by atoms with Crippen molar-refractivity contribution >= 4 is 23.5 Å². The van der Waals surface area contributed by atoms with Gasteiger partial charge in [-0.1, -0.05) is 29.8 Å². The van der Waals surface area contributed by atoms with Gasteiger partial charge in [-0.3, -0.25) is 9.59 Å². The Morgan fingerprint density at radius 3 is 1.89 bits per heavy atom. The van der Waals surface area contributed by atoms with Crippen molar-refractivity contribution < 1.29 is 29.4 Å². The lowest BCUT2D eigenvalue weighted by Crippen LogP contribution is -2.32. The van der Waals surface area contributed by atoms with E-state index >= 15 is 0 Å². The predicted octanol–water partition coefficient (Wildman–Crippen LogP) is 0.386. The third-order valence-corrected chi connectivity index (χ3v) is 2.32. The quantitative estimate of drug-likeness (QED) is 0.577. The van der Waals surface area contributed by atoms with Gasteiger partial charge in [0.1, 0.15) is 5.92 Å². The van der Waals surface area contributed by atoms with E-state index in [1.54, 1.807) is 13.0 Å². The number of aliphatic carboxylic acids is 2. The minimum Gasteiger partial charge on any atom is -0.475 e. The highest BCUT2D eigenvalue weighted by molar-refractivity contribution is 6.48. The molecule has 0 aliphatic heterocycles. The molecule has 0 fully saturated rings. The van der Waals surface area contributed by atoms with Crippen LogP contribution >= 0.6 is 0 Å². The van der Waals surface area contributed by atoms with E-state index in [0.717, 1.165) is 0 Å². The van der Waals surface area contributed by atoms with Gasteiger partial charge in [-0.25, -0.2) is 9.59 Å². The number of rotatable bonds is 5. The summed E-state index contributed by atoms with van der Waals surface area (Å²) in [6, 6.07) is 5.95. The molecule has 0 amide bonds. The van der Waals surface area contributed by atoms with E-state index in [9.17, 15) is 19.2 Å². The summed E-state index contributed by atoms with van der Waals surface area (Å²) in [5.41, 5.74) is 0.753. The second-order valence-electron chi connectivity index (χ2n) is 3.69. The SMILES string of the molecule is Cc1cccc(C(C(=O)C(=O)O)C(=O)C(=O)O)c1. The smallest absolute Gasteiger partial charge is 0.373 e. The van der Waals surface area contributed by atoms with Gasteiger partial charge in [-0.2, -0.15) is 0 Å². The number of carbonyl (C=O) groups excluding carboxylic acids is 2. The van der Waals surface area contributed by atoms with Gasteiger partial charge in [0, 0.05) is 0 Å². The molecule has 2 N–H and O–H groups in total. The van der Waals surface area contributed by atoms with Gasteiger partial charge >= 0.3 is 11.9 Å². The fourth-order valence-electron chi connectivity index (χ4n) is 1.52. The molecule has 0 aliphatic carbocycles. The van der Waals surface area contributed by atoms with E-state index in [1.165, 1.54) is 18.2 Å². The van der Waals surface area contributed by atoms with Crippen LogP contribution in [-0.2, 0) is 19.2 Å². The zero-order chi connectivity index (χ0) is 13.9. The van der Waals surface area contributed by atoms with Crippen LogP contribution in [0, 0.1) is 6.92 Å². The normalized spacial score (nSPS) is 10.1. The monoisotopic (exact) mass is 250 g/mol. The van der Waals surface area contributed by atoms with Crippen LogP contribution in [0.5, 0.6) is 0 Å². The lowest BCUT2D eigenvalue weighted by atomic mass is 9.89. The molecule has 1 aromatic rings. The summed E-state index contributed by atoms with van der Waals surface area (Å²) < 4.78 is 0. The highest BCUT2D eigenvalue weighted by atomic mass is 16.4. The Morgan fingerprint density at radius 1 is 1.00 bits per heavy atom. The summed E-state index contributed by atoms with van der Waals surface area (Å²) in [7, 11) is 0. The van der Waals surface area contributed by atoms with Crippen LogP contribution in [0.25, 0.3) is 0 Å². The first-order valence-corrected chi connectivity index (χ1v) is 4.95. The molecule has 0 saturated heterocycles. The van der Waals surface area contributed by atoms with Crippen LogP contribution in [0.3, 0.4) is 0 Å². The Kier molecular flexibility index (Phi) is 3.93. The zero-order valence-corrected chi connectivity index (χ0v) is 9.41. The van der Waals surface area contributed by atoms with E-state index in [2.05, 4.69) is 0 Å². The largest absolute Gasteiger partial charge is 0.475 e. The lowest BCUT2D eigenvalue weighted by Gasteiger charge is -2.10. The lowest BCUT2D eigenvalue weighted by molar-refractivity contribution is -0.155. The number of carboxylic acid groups (broad SMARTS) is 2. The second-order valence-corrected chi connectivity index (χ2v) is 3.69. The van der Waals surface area contributed by atoms with Crippen LogP contribution in [0.4, 0.5) is 0 Å². The molecule has 0 bridgehead atoms. The molecule has 18 heavy (non-hydrogen) atoms. The van der Waals surface area contributed by atoms with Crippen molar-refractivity contribution in [2.24, 2.45) is 0 Å². The maximum Gasteiger partial charge on any atom is 0.373 e. The van der Waals surface area contributed by atoms with Gasteiger partial charge in [0.2, 0.25) is 0 Å². The molecule has 0 heterocycles. The third-order valence-electron chi connectivity index (χ3n) is 2.32. The second kappa shape index (κ2) is 5.22. The van der Waals surface area contributed by atoms with E-state index in [-0.39, 0.29) is 5.56 Å². The van der Waals surface area contributed by atoms with Crippen LogP contribution in [0.1, 0.15) is 17.0 Å².